The van der Waals surface area contributed by atoms with Gasteiger partial charge in [-0.2, -0.15) is 5.10 Å². The number of nitrogens with one attached hydrogen (secondary N) is 2. The molecule has 0 atom stereocenters. The first-order valence-electron chi connectivity index (χ1n) is 8.58. The number of aromatic nitrogens is 5. The molecule has 0 radical (unpaired) electrons. The van der Waals surface area contributed by atoms with Crippen LogP contribution in [0.3, 0.4) is 0 Å². The summed E-state index contributed by atoms with van der Waals surface area (Å²) in [4.78, 5) is 30.4. The first kappa shape index (κ1) is 16.1. The predicted octanol–water partition coefficient (Wildman–Crippen LogP) is 2.13. The molecule has 0 aliphatic carbocycles. The van der Waals surface area contributed by atoms with Crippen LogP contribution >= 0.6 is 11.8 Å². The summed E-state index contributed by atoms with van der Waals surface area (Å²) in [5.41, 5.74) is 2.70. The van der Waals surface area contributed by atoms with Gasteiger partial charge in [0.1, 0.15) is 17.6 Å². The summed E-state index contributed by atoms with van der Waals surface area (Å²) in [5.74, 6) is 1.06. The molecule has 2 N–H and O–H groups in total. The highest BCUT2D eigenvalue weighted by atomic mass is 32.2. The van der Waals surface area contributed by atoms with Gasteiger partial charge in [-0.1, -0.05) is 30.0 Å². The molecule has 1 aliphatic rings. The molecule has 4 heterocycles. The number of hydrogen-bond acceptors (Lipinski definition) is 5. The highest BCUT2D eigenvalue weighted by molar-refractivity contribution is 7.99. The van der Waals surface area contributed by atoms with Crippen molar-refractivity contribution in [1.82, 2.24) is 24.3 Å². The van der Waals surface area contributed by atoms with Gasteiger partial charge in [0.05, 0.1) is 5.52 Å². The van der Waals surface area contributed by atoms with Crippen LogP contribution in [0.5, 0.6) is 0 Å². The monoisotopic (exact) mass is 380 g/mol. The first-order chi connectivity index (χ1) is 13.1. The lowest BCUT2D eigenvalue weighted by Gasteiger charge is -2.08. The number of para-hydroxylation sites is 1. The third kappa shape index (κ3) is 2.54. The lowest BCUT2D eigenvalue weighted by molar-refractivity contribution is -0.116. The van der Waals surface area contributed by atoms with Crippen molar-refractivity contribution in [2.45, 2.75) is 25.2 Å². The van der Waals surface area contributed by atoms with E-state index in [4.69, 9.17) is 4.98 Å². The second kappa shape index (κ2) is 5.98. The minimum Gasteiger partial charge on any atom is -0.325 e. The van der Waals surface area contributed by atoms with Gasteiger partial charge in [-0.3, -0.25) is 19.3 Å². The molecule has 0 fully saturated rings. The van der Waals surface area contributed by atoms with E-state index in [1.165, 1.54) is 0 Å². The van der Waals surface area contributed by atoms with E-state index >= 15 is 0 Å². The van der Waals surface area contributed by atoms with Gasteiger partial charge in [0.25, 0.3) is 5.56 Å². The van der Waals surface area contributed by atoms with Crippen LogP contribution in [0, 0.1) is 6.92 Å². The summed E-state index contributed by atoms with van der Waals surface area (Å²) in [5, 5.41) is 11.2. The topological polar surface area (TPSA) is 97.6 Å². The minimum absolute atomic E-state index is 0.0132. The van der Waals surface area contributed by atoms with Crippen molar-refractivity contribution in [2.75, 3.05) is 11.1 Å². The molecular weight excluding hydrogens is 364 g/mol. The maximum Gasteiger partial charge on any atom is 0.278 e. The smallest absolute Gasteiger partial charge is 0.278 e. The van der Waals surface area contributed by atoms with Crippen LogP contribution in [-0.4, -0.2) is 36.0 Å². The lowest BCUT2D eigenvalue weighted by Crippen LogP contribution is -2.25. The van der Waals surface area contributed by atoms with E-state index < -0.39 is 0 Å². The Kier molecular flexibility index (Phi) is 3.57. The molecule has 27 heavy (non-hydrogen) atoms. The maximum absolute atomic E-state index is 13.1. The van der Waals surface area contributed by atoms with Crippen molar-refractivity contribution in [2.24, 2.45) is 0 Å². The molecule has 1 amide bonds. The van der Waals surface area contributed by atoms with Gasteiger partial charge in [-0.15, -0.1) is 0 Å². The number of hydrogen-bond donors (Lipinski definition) is 2. The Balaban J connectivity index is 1.66. The average molecular weight is 380 g/mol. The van der Waals surface area contributed by atoms with Gasteiger partial charge >= 0.3 is 0 Å². The molecule has 4 aromatic rings. The standard InChI is InChI=1S/C18H16N6O2S/c1-10-8-13(22-21-10)19-14(25)9-24-12-5-3-2-4-11(12)15-16(24)17(26)23-6-7-27-18(23)20-15/h2-5,8H,6-7,9H2,1H3,(H2,19,21,22,25). The Morgan fingerprint density at radius 3 is 3.04 bits per heavy atom. The molecule has 9 heteroatoms. The first-order valence-corrected chi connectivity index (χ1v) is 9.57. The van der Waals surface area contributed by atoms with Crippen LogP contribution in [0.15, 0.2) is 40.3 Å². The van der Waals surface area contributed by atoms with Crippen LogP contribution in [0.1, 0.15) is 5.69 Å². The minimum atomic E-state index is -0.247. The number of anilines is 1. The van der Waals surface area contributed by atoms with Crippen molar-refractivity contribution in [3.05, 3.63) is 46.4 Å². The molecule has 8 nitrogen and oxygen atoms in total. The van der Waals surface area contributed by atoms with Crippen LogP contribution in [0.25, 0.3) is 21.9 Å². The van der Waals surface area contributed by atoms with Crippen LogP contribution in [0.2, 0.25) is 0 Å². The van der Waals surface area contributed by atoms with Crippen molar-refractivity contribution >= 4 is 45.4 Å². The molecule has 0 bridgehead atoms. The number of aryl methyl sites for hydroxylation is 1. The van der Waals surface area contributed by atoms with E-state index in [1.54, 1.807) is 27.0 Å². The third-order valence-corrected chi connectivity index (χ3v) is 5.61. The Morgan fingerprint density at radius 1 is 1.37 bits per heavy atom. The van der Waals surface area contributed by atoms with Gasteiger partial charge in [-0.05, 0) is 13.0 Å². The number of nitrogens with zero attached hydrogens (tertiary/aromatic N) is 4. The van der Waals surface area contributed by atoms with Gasteiger partial charge in [-0.25, -0.2) is 4.98 Å². The molecule has 1 aliphatic heterocycles. The predicted molar refractivity (Wildman–Crippen MR) is 104 cm³/mol. The van der Waals surface area contributed by atoms with Gasteiger partial charge in [0, 0.05) is 29.4 Å². The SMILES string of the molecule is Cc1cc(NC(=O)Cn2c3ccccc3c3nc4n(c(=O)c32)CCS4)n[nH]1. The summed E-state index contributed by atoms with van der Waals surface area (Å²) < 4.78 is 3.45. The van der Waals surface area contributed by atoms with Crippen LogP contribution in [0.4, 0.5) is 5.82 Å². The van der Waals surface area contributed by atoms with Gasteiger partial charge < -0.3 is 9.88 Å². The molecule has 3 aromatic heterocycles. The van der Waals surface area contributed by atoms with Crippen molar-refractivity contribution in [1.29, 1.82) is 0 Å². The molecule has 1 aromatic carbocycles. The summed E-state index contributed by atoms with van der Waals surface area (Å²) in [6.07, 6.45) is 0. The summed E-state index contributed by atoms with van der Waals surface area (Å²) in [6, 6.07) is 9.41. The Hall–Kier alpha value is -3.07. The zero-order chi connectivity index (χ0) is 18.5. The quantitative estimate of drug-likeness (QED) is 0.531. The van der Waals surface area contributed by atoms with E-state index in [-0.39, 0.29) is 18.0 Å². The molecule has 136 valence electrons. The normalized spacial score (nSPS) is 13.4. The molecular formula is C18H16N6O2S. The molecule has 0 unspecified atom stereocenters. The number of aromatic amines is 1. The summed E-state index contributed by atoms with van der Waals surface area (Å²) in [7, 11) is 0. The van der Waals surface area contributed by atoms with Crippen LogP contribution < -0.4 is 10.9 Å². The van der Waals surface area contributed by atoms with Crippen LogP contribution in [-0.2, 0) is 17.9 Å². The molecule has 0 saturated carbocycles. The second-order valence-corrected chi connectivity index (χ2v) is 7.55. The zero-order valence-corrected chi connectivity index (χ0v) is 15.3. The fraction of sp³-hybridized carbons (Fsp3) is 0.222. The number of carbonyl (C=O) groups is 1. The fourth-order valence-electron chi connectivity index (χ4n) is 3.49. The second-order valence-electron chi connectivity index (χ2n) is 6.48. The molecule has 5 rings (SSSR count). The number of fused-ring (bicyclic) bond motifs is 4. The van der Waals surface area contributed by atoms with E-state index in [2.05, 4.69) is 15.5 Å². The largest absolute Gasteiger partial charge is 0.325 e. The van der Waals surface area contributed by atoms with E-state index in [1.807, 2.05) is 31.2 Å². The number of rotatable bonds is 3. The lowest BCUT2D eigenvalue weighted by atomic mass is 10.2. The number of benzene rings is 1. The van der Waals surface area contributed by atoms with Gasteiger partial charge in [0.2, 0.25) is 5.91 Å². The third-order valence-electron chi connectivity index (χ3n) is 4.65. The molecule has 0 spiro atoms. The average Bonchev–Trinajstić information content (AvgIpc) is 3.35. The van der Waals surface area contributed by atoms with Gasteiger partial charge in [0.15, 0.2) is 11.0 Å². The number of thioether (sulfide) groups is 1. The van der Waals surface area contributed by atoms with E-state index in [0.717, 1.165) is 27.5 Å². The highest BCUT2D eigenvalue weighted by Crippen LogP contribution is 2.29. The molecule has 0 saturated heterocycles. The number of carbonyl (C=O) groups excluding carboxylic acids is 1. The maximum atomic E-state index is 13.1. The number of H-pyrrole nitrogens is 1. The Bertz CT molecular complexity index is 1270. The van der Waals surface area contributed by atoms with Crippen molar-refractivity contribution in [3.63, 3.8) is 0 Å². The van der Waals surface area contributed by atoms with Crippen molar-refractivity contribution in [3.8, 4) is 0 Å². The Morgan fingerprint density at radius 2 is 2.22 bits per heavy atom. The Labute approximate surface area is 157 Å². The van der Waals surface area contributed by atoms with E-state index in [0.29, 0.717) is 23.4 Å². The van der Waals surface area contributed by atoms with E-state index in [9.17, 15) is 9.59 Å². The highest BCUT2D eigenvalue weighted by Gasteiger charge is 2.23. The summed E-state index contributed by atoms with van der Waals surface area (Å²) >= 11 is 1.58. The number of amides is 1. The zero-order valence-electron chi connectivity index (χ0n) is 14.5. The van der Waals surface area contributed by atoms with Crippen molar-refractivity contribution < 1.29 is 4.79 Å². The summed E-state index contributed by atoms with van der Waals surface area (Å²) in [6.45, 7) is 2.52. The fourth-order valence-corrected chi connectivity index (χ4v) is 4.44.